The number of nitrogens with zero attached hydrogens (tertiary/aromatic N) is 2. The molecular weight excluding hydrogens is 273 g/mol. The highest BCUT2D eigenvalue weighted by molar-refractivity contribution is 5.52. The predicted molar refractivity (Wildman–Crippen MR) is 65.5 cm³/mol. The fraction of sp³-hybridized carbons (Fsp3) is 0.333. The van der Waals surface area contributed by atoms with Crippen LogP contribution in [-0.4, -0.2) is 29.0 Å². The number of aromatic nitrogens is 2. The monoisotopic (exact) mass is 286 g/mol. The van der Waals surface area contributed by atoms with Crippen LogP contribution in [0.4, 0.5) is 13.2 Å². The van der Waals surface area contributed by atoms with Crippen molar-refractivity contribution in [3.63, 3.8) is 0 Å². The maximum atomic E-state index is 12.2. The first kappa shape index (κ1) is 14.5. The Labute approximate surface area is 113 Å². The van der Waals surface area contributed by atoms with Crippen molar-refractivity contribution in [1.29, 1.82) is 0 Å². The number of nitrogens with two attached hydrogens (primary N) is 1. The number of rotatable bonds is 5. The third-order valence-electron chi connectivity index (χ3n) is 2.67. The van der Waals surface area contributed by atoms with Gasteiger partial charge >= 0.3 is 6.18 Å². The molecule has 0 bridgehead atoms. The number of nitrogens with one attached hydrogen (secondary N) is 1. The molecule has 1 atom stereocenters. The zero-order valence-electron chi connectivity index (χ0n) is 10.4. The van der Waals surface area contributed by atoms with Crippen molar-refractivity contribution >= 4 is 0 Å². The molecule has 0 aliphatic carbocycles. The van der Waals surface area contributed by atoms with E-state index in [4.69, 9.17) is 10.2 Å². The van der Waals surface area contributed by atoms with Gasteiger partial charge < -0.3 is 15.5 Å². The van der Waals surface area contributed by atoms with Gasteiger partial charge in [-0.15, -0.1) is 10.2 Å². The standard InChI is InChI=1S/C12H13F3N4O/c13-12(14,15)10(16)6-17-5-8-1-3-9(4-2-8)11-19-18-7-20-11/h1-4,7,10,17H,5-6,16H2. The summed E-state index contributed by atoms with van der Waals surface area (Å²) in [4.78, 5) is 0. The largest absolute Gasteiger partial charge is 0.423 e. The fourth-order valence-corrected chi connectivity index (χ4v) is 1.55. The van der Waals surface area contributed by atoms with Crippen LogP contribution in [0.1, 0.15) is 5.56 Å². The van der Waals surface area contributed by atoms with Crippen LogP contribution in [0.15, 0.2) is 35.1 Å². The van der Waals surface area contributed by atoms with Gasteiger partial charge in [0.2, 0.25) is 12.3 Å². The molecule has 1 aromatic heterocycles. The highest BCUT2D eigenvalue weighted by Crippen LogP contribution is 2.18. The zero-order valence-corrected chi connectivity index (χ0v) is 10.4. The number of benzene rings is 1. The van der Waals surface area contributed by atoms with E-state index < -0.39 is 12.2 Å². The van der Waals surface area contributed by atoms with Crippen LogP contribution in [0.3, 0.4) is 0 Å². The van der Waals surface area contributed by atoms with Gasteiger partial charge in [0.15, 0.2) is 0 Å². The molecule has 108 valence electrons. The first-order valence-corrected chi connectivity index (χ1v) is 5.85. The van der Waals surface area contributed by atoms with E-state index in [-0.39, 0.29) is 6.54 Å². The van der Waals surface area contributed by atoms with Crippen molar-refractivity contribution in [3.05, 3.63) is 36.2 Å². The van der Waals surface area contributed by atoms with E-state index >= 15 is 0 Å². The molecular formula is C12H13F3N4O. The van der Waals surface area contributed by atoms with Crippen LogP contribution < -0.4 is 11.1 Å². The first-order chi connectivity index (χ1) is 9.47. The minimum atomic E-state index is -4.38. The van der Waals surface area contributed by atoms with E-state index in [9.17, 15) is 13.2 Å². The van der Waals surface area contributed by atoms with Crippen molar-refractivity contribution in [2.45, 2.75) is 18.8 Å². The van der Waals surface area contributed by atoms with Crippen molar-refractivity contribution in [2.75, 3.05) is 6.54 Å². The van der Waals surface area contributed by atoms with Crippen LogP contribution in [0, 0.1) is 0 Å². The van der Waals surface area contributed by atoms with Crippen molar-refractivity contribution in [3.8, 4) is 11.5 Å². The summed E-state index contributed by atoms with van der Waals surface area (Å²) in [6, 6.07) is 5.19. The van der Waals surface area contributed by atoms with E-state index in [0.29, 0.717) is 12.4 Å². The highest BCUT2D eigenvalue weighted by Gasteiger charge is 2.36. The second-order valence-corrected chi connectivity index (χ2v) is 4.22. The van der Waals surface area contributed by atoms with E-state index in [1.54, 1.807) is 24.3 Å². The summed E-state index contributed by atoms with van der Waals surface area (Å²) in [5.41, 5.74) is 6.57. The molecule has 0 aliphatic heterocycles. The molecule has 1 unspecified atom stereocenters. The van der Waals surface area contributed by atoms with Gasteiger partial charge in [-0.1, -0.05) is 12.1 Å². The van der Waals surface area contributed by atoms with Gasteiger partial charge in [0.25, 0.3) is 0 Å². The zero-order chi connectivity index (χ0) is 14.6. The third-order valence-corrected chi connectivity index (χ3v) is 2.67. The SMILES string of the molecule is NC(CNCc1ccc(-c2nnco2)cc1)C(F)(F)F. The van der Waals surface area contributed by atoms with Crippen LogP contribution in [0.2, 0.25) is 0 Å². The minimum Gasteiger partial charge on any atom is -0.423 e. The van der Waals surface area contributed by atoms with Crippen LogP contribution in [0.25, 0.3) is 11.5 Å². The molecule has 1 heterocycles. The molecule has 0 saturated heterocycles. The number of halogens is 3. The lowest BCUT2D eigenvalue weighted by Crippen LogP contribution is -2.45. The van der Waals surface area contributed by atoms with Crippen molar-refractivity contribution < 1.29 is 17.6 Å². The average Bonchev–Trinajstić information content (AvgIpc) is 2.92. The lowest BCUT2D eigenvalue weighted by Gasteiger charge is -2.16. The van der Waals surface area contributed by atoms with Crippen LogP contribution >= 0.6 is 0 Å². The van der Waals surface area contributed by atoms with Crippen LogP contribution in [0.5, 0.6) is 0 Å². The Bertz CT molecular complexity index is 525. The van der Waals surface area contributed by atoms with E-state index in [1.165, 1.54) is 6.39 Å². The fourth-order valence-electron chi connectivity index (χ4n) is 1.55. The summed E-state index contributed by atoms with van der Waals surface area (Å²) in [5.74, 6) is 0.392. The second-order valence-electron chi connectivity index (χ2n) is 4.22. The summed E-state index contributed by atoms with van der Waals surface area (Å²) in [7, 11) is 0. The maximum Gasteiger partial charge on any atom is 0.404 e. The molecule has 20 heavy (non-hydrogen) atoms. The molecule has 3 N–H and O–H groups in total. The molecule has 5 nitrogen and oxygen atoms in total. The second kappa shape index (κ2) is 6.02. The normalized spacial score (nSPS) is 13.4. The Morgan fingerprint density at radius 1 is 1.25 bits per heavy atom. The van der Waals surface area contributed by atoms with Gasteiger partial charge in [0.05, 0.1) is 0 Å². The van der Waals surface area contributed by atoms with Crippen molar-refractivity contribution in [1.82, 2.24) is 15.5 Å². The molecule has 0 radical (unpaired) electrons. The van der Waals surface area contributed by atoms with Gasteiger partial charge in [-0.25, -0.2) is 0 Å². The van der Waals surface area contributed by atoms with Gasteiger partial charge in [-0.05, 0) is 17.7 Å². The smallest absolute Gasteiger partial charge is 0.404 e. The van der Waals surface area contributed by atoms with E-state index in [1.807, 2.05) is 0 Å². The Morgan fingerprint density at radius 3 is 2.50 bits per heavy atom. The Hall–Kier alpha value is -1.93. The maximum absolute atomic E-state index is 12.2. The third kappa shape index (κ3) is 3.78. The molecule has 0 spiro atoms. The summed E-state index contributed by atoms with van der Waals surface area (Å²) >= 11 is 0. The molecule has 8 heteroatoms. The topological polar surface area (TPSA) is 77.0 Å². The average molecular weight is 286 g/mol. The highest BCUT2D eigenvalue weighted by atomic mass is 19.4. The Morgan fingerprint density at radius 2 is 1.95 bits per heavy atom. The Kier molecular flexibility index (Phi) is 4.35. The first-order valence-electron chi connectivity index (χ1n) is 5.85. The minimum absolute atomic E-state index is 0.299. The predicted octanol–water partition coefficient (Wildman–Crippen LogP) is 1.72. The summed E-state index contributed by atoms with van der Waals surface area (Å²) < 4.78 is 41.6. The lowest BCUT2D eigenvalue weighted by atomic mass is 10.1. The molecule has 2 aromatic rings. The molecule has 0 saturated carbocycles. The molecule has 0 amide bonds. The number of alkyl halides is 3. The molecule has 0 aliphatic rings. The van der Waals surface area contributed by atoms with E-state index in [0.717, 1.165) is 11.1 Å². The Balaban J connectivity index is 1.86. The lowest BCUT2D eigenvalue weighted by molar-refractivity contribution is -0.146. The van der Waals surface area contributed by atoms with Gasteiger partial charge in [-0.3, -0.25) is 0 Å². The quantitative estimate of drug-likeness (QED) is 0.875. The van der Waals surface area contributed by atoms with Crippen molar-refractivity contribution in [2.24, 2.45) is 5.73 Å². The summed E-state index contributed by atoms with van der Waals surface area (Å²) in [6.45, 7) is -0.0250. The van der Waals surface area contributed by atoms with Gasteiger partial charge in [-0.2, -0.15) is 13.2 Å². The summed E-state index contributed by atoms with van der Waals surface area (Å²) in [5, 5.41) is 9.98. The number of hydrogen-bond donors (Lipinski definition) is 2. The number of hydrogen-bond acceptors (Lipinski definition) is 5. The molecule has 2 rings (SSSR count). The van der Waals surface area contributed by atoms with Gasteiger partial charge in [0, 0.05) is 18.7 Å². The summed E-state index contributed by atoms with van der Waals surface area (Å²) in [6.07, 6.45) is -3.15. The molecule has 1 aromatic carbocycles. The van der Waals surface area contributed by atoms with E-state index in [2.05, 4.69) is 15.5 Å². The molecule has 0 fully saturated rings. The van der Waals surface area contributed by atoms with Gasteiger partial charge in [0.1, 0.15) is 6.04 Å². The van der Waals surface area contributed by atoms with Crippen LogP contribution in [-0.2, 0) is 6.54 Å².